The van der Waals surface area contributed by atoms with Crippen molar-refractivity contribution in [3.05, 3.63) is 41.2 Å². The molecule has 0 bridgehead atoms. The van der Waals surface area contributed by atoms with Gasteiger partial charge >= 0.3 is 0 Å². The van der Waals surface area contributed by atoms with Crippen molar-refractivity contribution in [3.63, 3.8) is 0 Å². The standard InChI is InChI=1S/C10H6ClNO/c11-10-4-9-7(5-12-10)2-1-3-8(9)6-13/h1-6H. The van der Waals surface area contributed by atoms with Crippen LogP contribution < -0.4 is 0 Å². The molecule has 0 saturated carbocycles. The summed E-state index contributed by atoms with van der Waals surface area (Å²) in [5, 5.41) is 2.17. The fourth-order valence-corrected chi connectivity index (χ4v) is 1.43. The van der Waals surface area contributed by atoms with Gasteiger partial charge < -0.3 is 0 Å². The Hall–Kier alpha value is -1.41. The van der Waals surface area contributed by atoms with Crippen LogP contribution in [0.25, 0.3) is 10.8 Å². The highest BCUT2D eigenvalue weighted by Gasteiger charge is 2.00. The van der Waals surface area contributed by atoms with Crippen LogP contribution in [-0.2, 0) is 0 Å². The van der Waals surface area contributed by atoms with Crippen LogP contribution in [0.15, 0.2) is 30.5 Å². The van der Waals surface area contributed by atoms with E-state index < -0.39 is 0 Å². The highest BCUT2D eigenvalue weighted by Crippen LogP contribution is 2.19. The summed E-state index contributed by atoms with van der Waals surface area (Å²) in [4.78, 5) is 14.6. The van der Waals surface area contributed by atoms with Gasteiger partial charge in [-0.2, -0.15) is 0 Å². The number of aldehydes is 1. The molecule has 0 aliphatic carbocycles. The van der Waals surface area contributed by atoms with Crippen molar-refractivity contribution in [2.45, 2.75) is 0 Å². The Labute approximate surface area is 80.2 Å². The van der Waals surface area contributed by atoms with Crippen LogP contribution in [0.2, 0.25) is 5.15 Å². The van der Waals surface area contributed by atoms with Gasteiger partial charge in [0.15, 0.2) is 6.29 Å². The number of halogens is 1. The summed E-state index contributed by atoms with van der Waals surface area (Å²) in [6, 6.07) is 7.17. The van der Waals surface area contributed by atoms with E-state index in [1.807, 2.05) is 12.1 Å². The van der Waals surface area contributed by atoms with Crippen molar-refractivity contribution in [3.8, 4) is 0 Å². The van der Waals surface area contributed by atoms with Crippen molar-refractivity contribution in [2.75, 3.05) is 0 Å². The highest BCUT2D eigenvalue weighted by atomic mass is 35.5. The smallest absolute Gasteiger partial charge is 0.150 e. The lowest BCUT2D eigenvalue weighted by atomic mass is 10.1. The van der Waals surface area contributed by atoms with Gasteiger partial charge in [-0.1, -0.05) is 29.8 Å². The van der Waals surface area contributed by atoms with Crippen molar-refractivity contribution < 1.29 is 4.79 Å². The summed E-state index contributed by atoms with van der Waals surface area (Å²) in [5.41, 5.74) is 0.641. The highest BCUT2D eigenvalue weighted by molar-refractivity contribution is 6.30. The quantitative estimate of drug-likeness (QED) is 0.513. The predicted octanol–water partition coefficient (Wildman–Crippen LogP) is 2.70. The van der Waals surface area contributed by atoms with Crippen molar-refractivity contribution in [1.29, 1.82) is 0 Å². The molecule has 0 spiro atoms. The number of rotatable bonds is 1. The van der Waals surface area contributed by atoms with E-state index in [-0.39, 0.29) is 0 Å². The molecule has 0 atom stereocenters. The second-order valence-electron chi connectivity index (χ2n) is 2.69. The number of fused-ring (bicyclic) bond motifs is 1. The zero-order chi connectivity index (χ0) is 9.26. The van der Waals surface area contributed by atoms with Crippen LogP contribution in [-0.4, -0.2) is 11.3 Å². The maximum atomic E-state index is 10.7. The Morgan fingerprint density at radius 2 is 2.23 bits per heavy atom. The summed E-state index contributed by atoms with van der Waals surface area (Å²) in [5.74, 6) is 0. The maximum absolute atomic E-state index is 10.7. The first-order valence-corrected chi connectivity index (χ1v) is 4.18. The molecule has 13 heavy (non-hydrogen) atoms. The van der Waals surface area contributed by atoms with Gasteiger partial charge in [0.1, 0.15) is 5.15 Å². The van der Waals surface area contributed by atoms with E-state index in [0.29, 0.717) is 10.7 Å². The fourth-order valence-electron chi connectivity index (χ4n) is 1.27. The minimum atomic E-state index is 0.404. The van der Waals surface area contributed by atoms with E-state index in [1.54, 1.807) is 18.3 Å². The van der Waals surface area contributed by atoms with Crippen molar-refractivity contribution in [2.24, 2.45) is 0 Å². The van der Waals surface area contributed by atoms with Gasteiger partial charge in [-0.3, -0.25) is 4.79 Å². The molecule has 1 aromatic heterocycles. The lowest BCUT2D eigenvalue weighted by Crippen LogP contribution is -1.84. The Balaban J connectivity index is 2.86. The van der Waals surface area contributed by atoms with Crippen LogP contribution in [0.5, 0.6) is 0 Å². The molecule has 0 fully saturated rings. The van der Waals surface area contributed by atoms with Gasteiger partial charge in [0.05, 0.1) is 0 Å². The van der Waals surface area contributed by atoms with Crippen molar-refractivity contribution in [1.82, 2.24) is 4.98 Å². The molecule has 0 aliphatic heterocycles. The maximum Gasteiger partial charge on any atom is 0.150 e. The molecule has 2 aromatic rings. The van der Waals surface area contributed by atoms with E-state index in [1.165, 1.54) is 0 Å². The van der Waals surface area contributed by atoms with Crippen LogP contribution in [0.4, 0.5) is 0 Å². The van der Waals surface area contributed by atoms with Crippen molar-refractivity contribution >= 4 is 28.7 Å². The number of benzene rings is 1. The normalized spacial score (nSPS) is 10.2. The topological polar surface area (TPSA) is 30.0 Å². The Morgan fingerprint density at radius 3 is 3.00 bits per heavy atom. The number of nitrogens with zero attached hydrogens (tertiary/aromatic N) is 1. The van der Waals surface area contributed by atoms with Crippen LogP contribution >= 0.6 is 11.6 Å². The molecular weight excluding hydrogens is 186 g/mol. The zero-order valence-electron chi connectivity index (χ0n) is 6.70. The van der Waals surface area contributed by atoms with E-state index >= 15 is 0 Å². The molecular formula is C10H6ClNO. The third-order valence-corrected chi connectivity index (χ3v) is 2.10. The fraction of sp³-hybridized carbons (Fsp3) is 0. The molecule has 3 heteroatoms. The third-order valence-electron chi connectivity index (χ3n) is 1.89. The lowest BCUT2D eigenvalue weighted by Gasteiger charge is -1.99. The zero-order valence-corrected chi connectivity index (χ0v) is 7.45. The van der Waals surface area contributed by atoms with Gasteiger partial charge in [-0.15, -0.1) is 0 Å². The summed E-state index contributed by atoms with van der Waals surface area (Å²) < 4.78 is 0. The van der Waals surface area contributed by atoms with Gasteiger partial charge in [-0.25, -0.2) is 4.98 Å². The number of aromatic nitrogens is 1. The van der Waals surface area contributed by atoms with E-state index in [9.17, 15) is 4.79 Å². The molecule has 1 heterocycles. The van der Waals surface area contributed by atoms with Gasteiger partial charge in [0, 0.05) is 17.1 Å². The average molecular weight is 192 g/mol. The lowest BCUT2D eigenvalue weighted by molar-refractivity contribution is 0.112. The predicted molar refractivity (Wildman–Crippen MR) is 52.1 cm³/mol. The first-order chi connectivity index (χ1) is 6.31. The van der Waals surface area contributed by atoms with Gasteiger partial charge in [-0.05, 0) is 11.5 Å². The second kappa shape index (κ2) is 3.15. The number of carbonyl (C=O) groups is 1. The average Bonchev–Trinajstić information content (AvgIpc) is 2.17. The van der Waals surface area contributed by atoms with Gasteiger partial charge in [0.25, 0.3) is 0 Å². The first-order valence-electron chi connectivity index (χ1n) is 3.81. The summed E-state index contributed by atoms with van der Waals surface area (Å²) >= 11 is 5.72. The molecule has 2 nitrogen and oxygen atoms in total. The molecule has 0 radical (unpaired) electrons. The first kappa shape index (κ1) is 8.20. The largest absolute Gasteiger partial charge is 0.298 e. The minimum Gasteiger partial charge on any atom is -0.298 e. The molecule has 2 rings (SSSR count). The van der Waals surface area contributed by atoms with E-state index in [2.05, 4.69) is 4.98 Å². The number of pyridine rings is 1. The minimum absolute atomic E-state index is 0.404. The van der Waals surface area contributed by atoms with Crippen LogP contribution in [0.3, 0.4) is 0 Å². The number of hydrogen-bond donors (Lipinski definition) is 0. The van der Waals surface area contributed by atoms with E-state index in [0.717, 1.165) is 17.1 Å². The number of carbonyl (C=O) groups excluding carboxylic acids is 1. The molecule has 0 unspecified atom stereocenters. The van der Waals surface area contributed by atoms with Crippen LogP contribution in [0.1, 0.15) is 10.4 Å². The number of hydrogen-bond acceptors (Lipinski definition) is 2. The summed E-state index contributed by atoms with van der Waals surface area (Å²) in [7, 11) is 0. The summed E-state index contributed by atoms with van der Waals surface area (Å²) in [6.07, 6.45) is 2.48. The third kappa shape index (κ3) is 1.40. The summed E-state index contributed by atoms with van der Waals surface area (Å²) in [6.45, 7) is 0. The van der Waals surface area contributed by atoms with E-state index in [4.69, 9.17) is 11.6 Å². The molecule has 0 N–H and O–H groups in total. The molecule has 1 aromatic carbocycles. The monoisotopic (exact) mass is 191 g/mol. The molecule has 0 aliphatic rings. The Bertz CT molecular complexity index is 467. The SMILES string of the molecule is O=Cc1cccc2cnc(Cl)cc12. The van der Waals surface area contributed by atoms with Crippen LogP contribution in [0, 0.1) is 0 Å². The molecule has 0 amide bonds. The Morgan fingerprint density at radius 1 is 1.38 bits per heavy atom. The van der Waals surface area contributed by atoms with Gasteiger partial charge in [0.2, 0.25) is 0 Å². The second-order valence-corrected chi connectivity index (χ2v) is 3.08. The molecule has 0 saturated heterocycles. The molecule has 64 valence electrons. The Kier molecular flexibility index (Phi) is 1.99.